The molecule has 0 aliphatic rings. The van der Waals surface area contributed by atoms with Crippen molar-refractivity contribution in [3.05, 3.63) is 77.1 Å². The van der Waals surface area contributed by atoms with Gasteiger partial charge >= 0.3 is 6.18 Å². The number of amides is 2. The van der Waals surface area contributed by atoms with Crippen LogP contribution in [0.15, 0.2) is 54.7 Å². The Morgan fingerprint density at radius 3 is 2.42 bits per heavy atom. The maximum Gasteiger partial charge on any atom is 0.416 e. The van der Waals surface area contributed by atoms with E-state index >= 15 is 0 Å². The first kappa shape index (κ1) is 22.1. The quantitative estimate of drug-likeness (QED) is 0.601. The van der Waals surface area contributed by atoms with Crippen molar-refractivity contribution in [1.29, 1.82) is 0 Å². The Hall–Kier alpha value is -3.62. The van der Waals surface area contributed by atoms with E-state index in [2.05, 4.69) is 15.7 Å². The van der Waals surface area contributed by atoms with Gasteiger partial charge in [-0.25, -0.2) is 4.68 Å². The maximum atomic E-state index is 13.0. The molecule has 0 radical (unpaired) electrons. The lowest BCUT2D eigenvalue weighted by atomic mass is 10.1. The lowest BCUT2D eigenvalue weighted by Gasteiger charge is -2.10. The third-order valence-electron chi connectivity index (χ3n) is 4.61. The Kier molecular flexibility index (Phi) is 6.43. The SMILES string of the molecule is CCCNC(=O)c1ccc(NC(=O)c2cnn(-c3cccc(C(F)(F)F)c3)c2C)cc1. The highest BCUT2D eigenvalue weighted by atomic mass is 19.4. The summed E-state index contributed by atoms with van der Waals surface area (Å²) in [6.45, 7) is 4.13. The number of aromatic nitrogens is 2. The van der Waals surface area contributed by atoms with Crippen LogP contribution in [0.2, 0.25) is 0 Å². The molecule has 31 heavy (non-hydrogen) atoms. The van der Waals surface area contributed by atoms with E-state index in [1.54, 1.807) is 31.2 Å². The zero-order valence-electron chi connectivity index (χ0n) is 17.0. The second-order valence-electron chi connectivity index (χ2n) is 6.89. The van der Waals surface area contributed by atoms with Gasteiger partial charge in [0.1, 0.15) is 0 Å². The number of nitrogens with zero attached hydrogens (tertiary/aromatic N) is 2. The van der Waals surface area contributed by atoms with Crippen molar-refractivity contribution in [2.75, 3.05) is 11.9 Å². The summed E-state index contributed by atoms with van der Waals surface area (Å²) in [5.74, 6) is -0.656. The predicted octanol–water partition coefficient (Wildman–Crippen LogP) is 4.59. The molecule has 2 amide bonds. The number of hydrogen-bond donors (Lipinski definition) is 2. The number of benzene rings is 2. The lowest BCUT2D eigenvalue weighted by Crippen LogP contribution is -2.23. The second kappa shape index (κ2) is 9.03. The van der Waals surface area contributed by atoms with Gasteiger partial charge < -0.3 is 10.6 Å². The third-order valence-corrected chi connectivity index (χ3v) is 4.61. The zero-order chi connectivity index (χ0) is 22.6. The Morgan fingerprint density at radius 1 is 1.06 bits per heavy atom. The van der Waals surface area contributed by atoms with Crippen LogP contribution in [-0.4, -0.2) is 28.1 Å². The van der Waals surface area contributed by atoms with Gasteiger partial charge in [-0.1, -0.05) is 13.0 Å². The van der Waals surface area contributed by atoms with Crippen molar-refractivity contribution in [2.24, 2.45) is 0 Å². The molecule has 0 aliphatic heterocycles. The average Bonchev–Trinajstić information content (AvgIpc) is 3.13. The summed E-state index contributed by atoms with van der Waals surface area (Å²) < 4.78 is 40.2. The van der Waals surface area contributed by atoms with Crippen molar-refractivity contribution in [1.82, 2.24) is 15.1 Å². The summed E-state index contributed by atoms with van der Waals surface area (Å²) in [6, 6.07) is 11.1. The molecule has 3 aromatic rings. The fourth-order valence-corrected chi connectivity index (χ4v) is 2.95. The molecule has 162 valence electrons. The molecule has 0 spiro atoms. The molecular formula is C22H21F3N4O2. The average molecular weight is 430 g/mol. The van der Waals surface area contributed by atoms with Gasteiger partial charge in [0.15, 0.2) is 0 Å². The van der Waals surface area contributed by atoms with E-state index in [9.17, 15) is 22.8 Å². The van der Waals surface area contributed by atoms with Gasteiger partial charge in [0, 0.05) is 17.8 Å². The smallest absolute Gasteiger partial charge is 0.352 e. The van der Waals surface area contributed by atoms with Crippen molar-refractivity contribution in [2.45, 2.75) is 26.4 Å². The van der Waals surface area contributed by atoms with Crippen molar-refractivity contribution in [3.8, 4) is 5.69 Å². The minimum Gasteiger partial charge on any atom is -0.352 e. The Bertz CT molecular complexity index is 1090. The summed E-state index contributed by atoms with van der Waals surface area (Å²) in [5.41, 5.74) is 0.973. The minimum atomic E-state index is -4.48. The highest BCUT2D eigenvalue weighted by Crippen LogP contribution is 2.30. The molecule has 0 unspecified atom stereocenters. The Morgan fingerprint density at radius 2 is 1.77 bits per heavy atom. The maximum absolute atomic E-state index is 13.0. The molecule has 0 saturated heterocycles. The Labute approximate surface area is 177 Å². The van der Waals surface area contributed by atoms with Gasteiger partial charge in [0.2, 0.25) is 0 Å². The van der Waals surface area contributed by atoms with Crippen LogP contribution in [-0.2, 0) is 6.18 Å². The highest BCUT2D eigenvalue weighted by Gasteiger charge is 2.30. The number of nitrogens with one attached hydrogen (secondary N) is 2. The van der Waals surface area contributed by atoms with Gasteiger partial charge in [-0.2, -0.15) is 18.3 Å². The van der Waals surface area contributed by atoms with Gasteiger partial charge in [0.05, 0.1) is 28.7 Å². The minimum absolute atomic E-state index is 0.196. The van der Waals surface area contributed by atoms with E-state index in [1.165, 1.54) is 23.0 Å². The van der Waals surface area contributed by atoms with Gasteiger partial charge in [-0.05, 0) is 55.8 Å². The molecule has 2 aromatic carbocycles. The largest absolute Gasteiger partial charge is 0.416 e. The van der Waals surface area contributed by atoms with E-state index < -0.39 is 17.6 Å². The molecule has 3 rings (SSSR count). The fourth-order valence-electron chi connectivity index (χ4n) is 2.95. The summed E-state index contributed by atoms with van der Waals surface area (Å²) in [5, 5.41) is 9.54. The van der Waals surface area contributed by atoms with Crippen LogP contribution < -0.4 is 10.6 Å². The highest BCUT2D eigenvalue weighted by molar-refractivity contribution is 6.05. The van der Waals surface area contributed by atoms with Crippen LogP contribution in [0.25, 0.3) is 5.69 Å². The molecule has 1 aromatic heterocycles. The molecule has 1 heterocycles. The first-order valence-electron chi connectivity index (χ1n) is 9.62. The number of anilines is 1. The van der Waals surface area contributed by atoms with Crippen molar-refractivity contribution in [3.63, 3.8) is 0 Å². The summed E-state index contributed by atoms with van der Waals surface area (Å²) >= 11 is 0. The van der Waals surface area contributed by atoms with Crippen molar-refractivity contribution >= 4 is 17.5 Å². The fraction of sp³-hybridized carbons (Fsp3) is 0.227. The molecular weight excluding hydrogens is 409 g/mol. The van der Waals surface area contributed by atoms with E-state index in [0.29, 0.717) is 23.5 Å². The Balaban J connectivity index is 1.76. The van der Waals surface area contributed by atoms with Crippen molar-refractivity contribution < 1.29 is 22.8 Å². The van der Waals surface area contributed by atoms with Gasteiger partial charge in [0.25, 0.3) is 11.8 Å². The topological polar surface area (TPSA) is 76.0 Å². The number of halogens is 3. The van der Waals surface area contributed by atoms with Crippen LogP contribution in [0.4, 0.5) is 18.9 Å². The molecule has 6 nitrogen and oxygen atoms in total. The molecule has 9 heteroatoms. The number of carbonyl (C=O) groups is 2. The van der Waals surface area contributed by atoms with E-state index in [1.807, 2.05) is 6.92 Å². The third kappa shape index (κ3) is 5.11. The van der Waals surface area contributed by atoms with E-state index in [0.717, 1.165) is 18.6 Å². The number of hydrogen-bond acceptors (Lipinski definition) is 3. The monoisotopic (exact) mass is 430 g/mol. The summed E-state index contributed by atoms with van der Waals surface area (Å²) in [7, 11) is 0. The first-order chi connectivity index (χ1) is 14.7. The van der Waals surface area contributed by atoms with Crippen LogP contribution in [0, 0.1) is 6.92 Å². The first-order valence-corrected chi connectivity index (χ1v) is 9.62. The van der Waals surface area contributed by atoms with E-state index in [4.69, 9.17) is 0 Å². The van der Waals surface area contributed by atoms with Gasteiger partial charge in [-0.15, -0.1) is 0 Å². The zero-order valence-corrected chi connectivity index (χ0v) is 17.0. The second-order valence-corrected chi connectivity index (χ2v) is 6.89. The predicted molar refractivity (Wildman–Crippen MR) is 110 cm³/mol. The summed E-state index contributed by atoms with van der Waals surface area (Å²) in [6.07, 6.45) is -2.35. The molecule has 0 atom stereocenters. The standard InChI is InChI=1S/C22H21F3N4O2/c1-3-11-26-20(30)15-7-9-17(10-8-15)28-21(31)19-13-27-29(14(19)2)18-6-4-5-16(12-18)22(23,24)25/h4-10,12-13H,3,11H2,1-2H3,(H,26,30)(H,28,31). The summed E-state index contributed by atoms with van der Waals surface area (Å²) in [4.78, 5) is 24.6. The van der Waals surface area contributed by atoms with Crippen LogP contribution >= 0.6 is 0 Å². The number of rotatable bonds is 6. The molecule has 0 bridgehead atoms. The number of carbonyl (C=O) groups excluding carboxylic acids is 2. The van der Waals surface area contributed by atoms with Gasteiger partial charge in [-0.3, -0.25) is 9.59 Å². The van der Waals surface area contributed by atoms with Crippen LogP contribution in [0.3, 0.4) is 0 Å². The lowest BCUT2D eigenvalue weighted by molar-refractivity contribution is -0.137. The molecule has 0 aliphatic carbocycles. The molecule has 2 N–H and O–H groups in total. The van der Waals surface area contributed by atoms with E-state index in [-0.39, 0.29) is 17.2 Å². The molecule has 0 fully saturated rings. The van der Waals surface area contributed by atoms with Crippen LogP contribution in [0.1, 0.15) is 45.3 Å². The molecule has 0 saturated carbocycles. The number of alkyl halides is 3. The van der Waals surface area contributed by atoms with Crippen LogP contribution in [0.5, 0.6) is 0 Å². The normalized spacial score (nSPS) is 11.3.